The van der Waals surface area contributed by atoms with Crippen LogP contribution in [-0.4, -0.2) is 37.5 Å². The van der Waals surface area contributed by atoms with Crippen LogP contribution in [0.5, 0.6) is 0 Å². The van der Waals surface area contributed by atoms with Crippen molar-refractivity contribution in [1.29, 1.82) is 0 Å². The van der Waals surface area contributed by atoms with Crippen LogP contribution in [0.2, 0.25) is 0 Å². The zero-order chi connectivity index (χ0) is 15.8. The summed E-state index contributed by atoms with van der Waals surface area (Å²) >= 11 is 1.48. The van der Waals surface area contributed by atoms with Gasteiger partial charge in [0.1, 0.15) is 5.82 Å². The summed E-state index contributed by atoms with van der Waals surface area (Å²) in [6.07, 6.45) is 5.22. The van der Waals surface area contributed by atoms with Gasteiger partial charge in [0.2, 0.25) is 0 Å². The molecule has 0 radical (unpaired) electrons. The highest BCUT2D eigenvalue weighted by atomic mass is 32.1. The minimum atomic E-state index is 0.0849. The Kier molecular flexibility index (Phi) is 3.49. The van der Waals surface area contributed by atoms with Gasteiger partial charge in [-0.15, -0.1) is 11.3 Å². The number of carbonyl (C=O) groups is 1. The Morgan fingerprint density at radius 3 is 3.13 bits per heavy atom. The molecular formula is C16H17N5OS. The molecule has 7 heteroatoms. The van der Waals surface area contributed by atoms with E-state index in [0.717, 1.165) is 40.7 Å². The Labute approximate surface area is 137 Å². The smallest absolute Gasteiger partial charge is 0.264 e. The second-order valence-corrected chi connectivity index (χ2v) is 6.64. The maximum absolute atomic E-state index is 12.8. The number of fused-ring (bicyclic) bond motifs is 1. The third-order valence-corrected chi connectivity index (χ3v) is 5.27. The largest absolute Gasteiger partial charge is 0.344 e. The highest BCUT2D eigenvalue weighted by Gasteiger charge is 2.26. The number of carbonyl (C=O) groups excluding carboxylic acids is 1. The van der Waals surface area contributed by atoms with Gasteiger partial charge >= 0.3 is 0 Å². The lowest BCUT2D eigenvalue weighted by molar-refractivity contribution is 0.0739. The molecule has 4 rings (SSSR count). The molecule has 0 atom stereocenters. The third kappa shape index (κ3) is 2.46. The number of nitrogens with zero attached hydrogens (tertiary/aromatic N) is 3. The fourth-order valence-corrected chi connectivity index (χ4v) is 3.89. The monoisotopic (exact) mass is 327 g/mol. The van der Waals surface area contributed by atoms with Gasteiger partial charge in [-0.25, -0.2) is 4.98 Å². The van der Waals surface area contributed by atoms with Crippen molar-refractivity contribution in [3.05, 3.63) is 46.4 Å². The highest BCUT2D eigenvalue weighted by Crippen LogP contribution is 2.28. The Bertz CT molecular complexity index is 819. The van der Waals surface area contributed by atoms with Gasteiger partial charge in [0.25, 0.3) is 5.91 Å². The van der Waals surface area contributed by atoms with E-state index in [1.165, 1.54) is 22.6 Å². The Hall–Kier alpha value is -2.41. The van der Waals surface area contributed by atoms with E-state index < -0.39 is 0 Å². The highest BCUT2D eigenvalue weighted by molar-refractivity contribution is 7.17. The minimum Gasteiger partial charge on any atom is -0.344 e. The van der Waals surface area contributed by atoms with E-state index in [1.807, 2.05) is 17.0 Å². The van der Waals surface area contributed by atoms with Crippen molar-refractivity contribution in [1.82, 2.24) is 25.1 Å². The van der Waals surface area contributed by atoms with Crippen LogP contribution in [0.15, 0.2) is 24.5 Å². The molecular weight excluding hydrogens is 310 g/mol. The van der Waals surface area contributed by atoms with Crippen LogP contribution in [0.3, 0.4) is 0 Å². The molecule has 118 valence electrons. The van der Waals surface area contributed by atoms with Crippen LogP contribution in [-0.2, 0) is 19.4 Å². The molecule has 0 saturated carbocycles. The molecule has 2 N–H and O–H groups in total. The van der Waals surface area contributed by atoms with E-state index in [2.05, 4.69) is 27.1 Å². The predicted molar refractivity (Wildman–Crippen MR) is 88.3 cm³/mol. The maximum Gasteiger partial charge on any atom is 0.264 e. The van der Waals surface area contributed by atoms with Crippen LogP contribution >= 0.6 is 11.3 Å². The van der Waals surface area contributed by atoms with Crippen molar-refractivity contribution in [2.24, 2.45) is 0 Å². The van der Waals surface area contributed by atoms with E-state index in [4.69, 9.17) is 0 Å². The molecule has 0 aliphatic carbocycles. The summed E-state index contributed by atoms with van der Waals surface area (Å²) in [5.41, 5.74) is 3.43. The van der Waals surface area contributed by atoms with E-state index in [-0.39, 0.29) is 5.91 Å². The molecule has 1 aliphatic heterocycles. The van der Waals surface area contributed by atoms with Crippen LogP contribution in [0.1, 0.15) is 33.5 Å². The molecule has 0 saturated heterocycles. The fraction of sp³-hybridized carbons (Fsp3) is 0.312. The van der Waals surface area contributed by atoms with Crippen molar-refractivity contribution < 1.29 is 4.79 Å². The molecule has 0 fully saturated rings. The van der Waals surface area contributed by atoms with Crippen molar-refractivity contribution in [3.63, 3.8) is 0 Å². The maximum atomic E-state index is 12.8. The summed E-state index contributed by atoms with van der Waals surface area (Å²) in [5, 5.41) is 7.45. The Morgan fingerprint density at radius 2 is 2.35 bits per heavy atom. The predicted octanol–water partition coefficient (Wildman–Crippen LogP) is 2.62. The summed E-state index contributed by atoms with van der Waals surface area (Å²) in [4.78, 5) is 23.7. The number of thiophene rings is 1. The average Bonchev–Trinajstić information content (AvgIpc) is 3.31. The number of hydrogen-bond acceptors (Lipinski definition) is 4. The first kappa shape index (κ1) is 14.2. The Balaban J connectivity index is 1.56. The number of aromatic nitrogens is 4. The molecule has 23 heavy (non-hydrogen) atoms. The van der Waals surface area contributed by atoms with Crippen molar-refractivity contribution >= 4 is 17.2 Å². The SMILES string of the molecule is CCc1n[nH]c2c1CN(C(=O)c1ccc(-c3ncc[nH]3)s1)CC2. The molecule has 1 amide bonds. The van der Waals surface area contributed by atoms with E-state index in [1.54, 1.807) is 12.4 Å². The van der Waals surface area contributed by atoms with Gasteiger partial charge in [0, 0.05) is 43.2 Å². The number of imidazole rings is 1. The molecule has 0 unspecified atom stereocenters. The first-order valence-corrected chi connectivity index (χ1v) is 8.51. The third-order valence-electron chi connectivity index (χ3n) is 4.19. The molecule has 6 nitrogen and oxygen atoms in total. The molecule has 3 aromatic heterocycles. The van der Waals surface area contributed by atoms with Crippen molar-refractivity contribution in [2.75, 3.05) is 6.54 Å². The van der Waals surface area contributed by atoms with E-state index >= 15 is 0 Å². The lowest BCUT2D eigenvalue weighted by atomic mass is 10.0. The number of H-pyrrole nitrogens is 2. The number of hydrogen-bond donors (Lipinski definition) is 2. The van der Waals surface area contributed by atoms with Gasteiger partial charge in [0.15, 0.2) is 0 Å². The first-order valence-electron chi connectivity index (χ1n) is 7.70. The number of aromatic amines is 2. The van der Waals surface area contributed by atoms with Crippen LogP contribution in [0.25, 0.3) is 10.7 Å². The molecule has 0 bridgehead atoms. The van der Waals surface area contributed by atoms with Gasteiger partial charge in [-0.3, -0.25) is 9.89 Å². The second-order valence-electron chi connectivity index (χ2n) is 5.56. The first-order chi connectivity index (χ1) is 11.3. The quantitative estimate of drug-likeness (QED) is 0.776. The summed E-state index contributed by atoms with van der Waals surface area (Å²) in [5.74, 6) is 0.889. The molecule has 3 aromatic rings. The topological polar surface area (TPSA) is 77.7 Å². The van der Waals surface area contributed by atoms with Crippen molar-refractivity contribution in [2.45, 2.75) is 26.3 Å². The van der Waals surface area contributed by atoms with Gasteiger partial charge in [-0.1, -0.05) is 6.92 Å². The average molecular weight is 327 g/mol. The van der Waals surface area contributed by atoms with Gasteiger partial charge in [-0.2, -0.15) is 5.10 Å². The number of rotatable bonds is 3. The van der Waals surface area contributed by atoms with Crippen LogP contribution < -0.4 is 0 Å². The van der Waals surface area contributed by atoms with Crippen molar-refractivity contribution in [3.8, 4) is 10.7 Å². The number of nitrogens with one attached hydrogen (secondary N) is 2. The zero-order valence-corrected chi connectivity index (χ0v) is 13.6. The molecule has 0 spiro atoms. The summed E-state index contributed by atoms with van der Waals surface area (Å²) < 4.78 is 0. The zero-order valence-electron chi connectivity index (χ0n) is 12.8. The lowest BCUT2D eigenvalue weighted by Crippen LogP contribution is -2.35. The standard InChI is InChI=1S/C16H17N5OS/c1-2-11-10-9-21(8-5-12(10)20-19-11)16(22)14-4-3-13(23-14)15-17-6-7-18-15/h3-4,6-7H,2,5,8-9H2,1H3,(H,17,18)(H,19,20). The van der Waals surface area contributed by atoms with Crippen LogP contribution in [0.4, 0.5) is 0 Å². The fourth-order valence-electron chi connectivity index (χ4n) is 2.96. The normalized spacial score (nSPS) is 14.0. The minimum absolute atomic E-state index is 0.0849. The number of aryl methyl sites for hydroxylation is 1. The Morgan fingerprint density at radius 1 is 1.43 bits per heavy atom. The van der Waals surface area contributed by atoms with E-state index in [9.17, 15) is 4.79 Å². The molecule has 1 aliphatic rings. The number of amides is 1. The van der Waals surface area contributed by atoms with Gasteiger partial charge in [0.05, 0.1) is 15.4 Å². The molecule has 0 aromatic carbocycles. The second kappa shape index (κ2) is 5.66. The van der Waals surface area contributed by atoms with Crippen LogP contribution in [0, 0.1) is 0 Å². The van der Waals surface area contributed by atoms with Gasteiger partial charge in [-0.05, 0) is 18.6 Å². The molecule has 4 heterocycles. The summed E-state index contributed by atoms with van der Waals surface area (Å²) in [7, 11) is 0. The lowest BCUT2D eigenvalue weighted by Gasteiger charge is -2.26. The summed E-state index contributed by atoms with van der Waals surface area (Å²) in [6.45, 7) is 3.46. The van der Waals surface area contributed by atoms with Gasteiger partial charge < -0.3 is 9.88 Å². The van der Waals surface area contributed by atoms with E-state index in [0.29, 0.717) is 6.54 Å². The summed E-state index contributed by atoms with van der Waals surface area (Å²) in [6, 6.07) is 3.83.